The lowest BCUT2D eigenvalue weighted by Crippen LogP contribution is -1.84. The van der Waals surface area contributed by atoms with Crippen molar-refractivity contribution >= 4 is 21.9 Å². The molecule has 0 aliphatic rings. The van der Waals surface area contributed by atoms with Crippen molar-refractivity contribution in [1.29, 1.82) is 0 Å². The summed E-state index contributed by atoms with van der Waals surface area (Å²) in [6, 6.07) is 24.5. The molecule has 4 rings (SSSR count). The summed E-state index contributed by atoms with van der Waals surface area (Å²) in [4.78, 5) is 0. The Morgan fingerprint density at radius 3 is 2.55 bits per heavy atom. The number of hydrogen-bond acceptors (Lipinski definition) is 2. The van der Waals surface area contributed by atoms with Gasteiger partial charge < -0.3 is 9.15 Å². The molecule has 0 spiro atoms. The monoisotopic (exact) mass is 259 g/mol. The number of furan rings is 1. The standard InChI is InChI=1S/C18H11O2/c1-2-7-13(8-3-1)19-16-11-6-12-17-18(16)14-9-4-5-10-15(14)20-17/h1-7,9-12H. The summed E-state index contributed by atoms with van der Waals surface area (Å²) < 4.78 is 11.8. The predicted octanol–water partition coefficient (Wildman–Crippen LogP) is 5.18. The second kappa shape index (κ2) is 4.42. The van der Waals surface area contributed by atoms with E-state index in [0.29, 0.717) is 5.75 Å². The van der Waals surface area contributed by atoms with Gasteiger partial charge in [0.25, 0.3) is 0 Å². The summed E-state index contributed by atoms with van der Waals surface area (Å²) in [5, 5.41) is 2.06. The zero-order chi connectivity index (χ0) is 13.4. The topological polar surface area (TPSA) is 22.4 Å². The minimum Gasteiger partial charge on any atom is -0.456 e. The molecule has 20 heavy (non-hydrogen) atoms. The lowest BCUT2D eigenvalue weighted by Gasteiger charge is -2.06. The fourth-order valence-corrected chi connectivity index (χ4v) is 2.39. The molecule has 0 N–H and O–H groups in total. The van der Waals surface area contributed by atoms with Gasteiger partial charge in [0.1, 0.15) is 22.7 Å². The van der Waals surface area contributed by atoms with Crippen LogP contribution in [-0.2, 0) is 0 Å². The molecular weight excluding hydrogens is 248 g/mol. The van der Waals surface area contributed by atoms with Crippen molar-refractivity contribution in [3.8, 4) is 11.5 Å². The van der Waals surface area contributed by atoms with Gasteiger partial charge in [0, 0.05) is 11.5 Å². The Labute approximate surface area is 116 Å². The first-order chi connectivity index (χ1) is 9.92. The summed E-state index contributed by atoms with van der Waals surface area (Å²) >= 11 is 0. The average molecular weight is 259 g/mol. The molecule has 4 aromatic rings. The van der Waals surface area contributed by atoms with E-state index in [2.05, 4.69) is 6.07 Å². The molecule has 0 saturated heterocycles. The Morgan fingerprint density at radius 2 is 1.65 bits per heavy atom. The van der Waals surface area contributed by atoms with E-state index >= 15 is 0 Å². The highest BCUT2D eigenvalue weighted by molar-refractivity contribution is 6.08. The molecule has 0 saturated carbocycles. The third-order valence-electron chi connectivity index (χ3n) is 3.26. The summed E-state index contributed by atoms with van der Waals surface area (Å²) in [5.74, 6) is 1.49. The second-order valence-electron chi connectivity index (χ2n) is 4.56. The van der Waals surface area contributed by atoms with E-state index in [4.69, 9.17) is 9.15 Å². The van der Waals surface area contributed by atoms with Gasteiger partial charge in [-0.3, -0.25) is 0 Å². The van der Waals surface area contributed by atoms with E-state index in [0.717, 1.165) is 27.7 Å². The first kappa shape index (κ1) is 11.1. The van der Waals surface area contributed by atoms with Crippen LogP contribution in [0.25, 0.3) is 21.9 Å². The molecular formula is C18H11O2. The van der Waals surface area contributed by atoms with Gasteiger partial charge in [-0.2, -0.15) is 0 Å². The average Bonchev–Trinajstić information content (AvgIpc) is 2.88. The van der Waals surface area contributed by atoms with Gasteiger partial charge in [-0.1, -0.05) is 42.5 Å². The van der Waals surface area contributed by atoms with Crippen molar-refractivity contribution < 1.29 is 9.15 Å². The first-order valence-electron chi connectivity index (χ1n) is 6.47. The molecule has 3 aromatic carbocycles. The molecule has 0 amide bonds. The molecule has 1 aromatic heterocycles. The highest BCUT2D eigenvalue weighted by atomic mass is 16.5. The predicted molar refractivity (Wildman–Crippen MR) is 79.1 cm³/mol. The molecule has 0 fully saturated rings. The Bertz CT molecular complexity index is 876. The van der Waals surface area contributed by atoms with Crippen LogP contribution in [0.2, 0.25) is 0 Å². The summed E-state index contributed by atoms with van der Waals surface area (Å²) in [6.45, 7) is 0. The van der Waals surface area contributed by atoms with Crippen LogP contribution in [0.3, 0.4) is 0 Å². The molecule has 0 atom stereocenters. The Balaban J connectivity index is 1.95. The zero-order valence-electron chi connectivity index (χ0n) is 10.7. The van der Waals surface area contributed by atoms with Gasteiger partial charge in [0.15, 0.2) is 0 Å². The number of para-hydroxylation sites is 2. The number of benzene rings is 3. The minimum atomic E-state index is 0.699. The third-order valence-corrected chi connectivity index (χ3v) is 3.26. The van der Waals surface area contributed by atoms with Crippen LogP contribution in [0.15, 0.2) is 71.1 Å². The number of hydrogen-bond donors (Lipinski definition) is 0. The minimum absolute atomic E-state index is 0.699. The maximum atomic E-state index is 5.94. The maximum Gasteiger partial charge on any atom is 0.139 e. The van der Waals surface area contributed by atoms with E-state index in [1.54, 1.807) is 0 Å². The summed E-state index contributed by atoms with van der Waals surface area (Å²) in [7, 11) is 0. The molecule has 0 bridgehead atoms. The number of fused-ring (bicyclic) bond motifs is 3. The molecule has 0 unspecified atom stereocenters. The van der Waals surface area contributed by atoms with Crippen LogP contribution in [0, 0.1) is 6.07 Å². The number of ether oxygens (including phenoxy) is 1. The van der Waals surface area contributed by atoms with E-state index in [1.165, 1.54) is 0 Å². The van der Waals surface area contributed by atoms with Crippen LogP contribution >= 0.6 is 0 Å². The zero-order valence-corrected chi connectivity index (χ0v) is 10.7. The molecule has 1 radical (unpaired) electrons. The van der Waals surface area contributed by atoms with E-state index in [-0.39, 0.29) is 0 Å². The van der Waals surface area contributed by atoms with Crippen molar-refractivity contribution in [3.63, 3.8) is 0 Å². The lowest BCUT2D eigenvalue weighted by molar-refractivity contribution is 0.487. The van der Waals surface area contributed by atoms with Crippen molar-refractivity contribution in [3.05, 3.63) is 72.8 Å². The summed E-state index contributed by atoms with van der Waals surface area (Å²) in [5.41, 5.74) is 1.70. The van der Waals surface area contributed by atoms with Crippen molar-refractivity contribution in [2.45, 2.75) is 0 Å². The van der Waals surface area contributed by atoms with Crippen molar-refractivity contribution in [2.75, 3.05) is 0 Å². The molecule has 1 heterocycles. The van der Waals surface area contributed by atoms with E-state index in [9.17, 15) is 0 Å². The maximum absolute atomic E-state index is 5.94. The normalized spacial score (nSPS) is 11.0. The first-order valence-corrected chi connectivity index (χ1v) is 6.47. The molecule has 0 aliphatic heterocycles. The van der Waals surface area contributed by atoms with Gasteiger partial charge in [-0.15, -0.1) is 0 Å². The highest BCUT2D eigenvalue weighted by Gasteiger charge is 2.11. The second-order valence-corrected chi connectivity index (χ2v) is 4.56. The Hall–Kier alpha value is -2.74. The summed E-state index contributed by atoms with van der Waals surface area (Å²) in [6.07, 6.45) is 0. The van der Waals surface area contributed by atoms with Gasteiger partial charge >= 0.3 is 0 Å². The third kappa shape index (κ3) is 1.74. The van der Waals surface area contributed by atoms with Crippen LogP contribution in [0.5, 0.6) is 11.5 Å². The van der Waals surface area contributed by atoms with Gasteiger partial charge in [-0.05, 0) is 24.3 Å². The smallest absolute Gasteiger partial charge is 0.139 e. The largest absolute Gasteiger partial charge is 0.456 e. The molecule has 95 valence electrons. The van der Waals surface area contributed by atoms with Crippen LogP contribution in [-0.4, -0.2) is 0 Å². The fraction of sp³-hybridized carbons (Fsp3) is 0. The Morgan fingerprint density at radius 1 is 0.800 bits per heavy atom. The Kier molecular flexibility index (Phi) is 2.46. The quantitative estimate of drug-likeness (QED) is 0.495. The lowest BCUT2D eigenvalue weighted by atomic mass is 10.1. The fourth-order valence-electron chi connectivity index (χ4n) is 2.39. The molecule has 0 aliphatic carbocycles. The van der Waals surface area contributed by atoms with Gasteiger partial charge in [0.2, 0.25) is 0 Å². The molecule has 2 nitrogen and oxygen atoms in total. The molecule has 2 heteroatoms. The van der Waals surface area contributed by atoms with E-state index in [1.807, 2.05) is 66.7 Å². The van der Waals surface area contributed by atoms with Crippen LogP contribution in [0.1, 0.15) is 0 Å². The van der Waals surface area contributed by atoms with Crippen molar-refractivity contribution in [2.24, 2.45) is 0 Å². The van der Waals surface area contributed by atoms with E-state index < -0.39 is 0 Å². The SMILES string of the molecule is [c]1ccccc1Oc1cccc2oc3ccccc3c12. The van der Waals surface area contributed by atoms with Crippen LogP contribution < -0.4 is 4.74 Å². The van der Waals surface area contributed by atoms with Crippen LogP contribution in [0.4, 0.5) is 0 Å². The number of rotatable bonds is 2. The highest BCUT2D eigenvalue weighted by Crippen LogP contribution is 2.37. The van der Waals surface area contributed by atoms with Crippen molar-refractivity contribution in [1.82, 2.24) is 0 Å². The van der Waals surface area contributed by atoms with Gasteiger partial charge in [0.05, 0.1) is 5.39 Å². The van der Waals surface area contributed by atoms with Gasteiger partial charge in [-0.25, -0.2) is 0 Å².